The van der Waals surface area contributed by atoms with E-state index in [2.05, 4.69) is 15.4 Å². The van der Waals surface area contributed by atoms with Crippen LogP contribution in [0, 0.1) is 0 Å². The first-order chi connectivity index (χ1) is 13.7. The Morgan fingerprint density at radius 2 is 1.75 bits per heavy atom. The minimum Gasteiger partial charge on any atom is -0.494 e. The summed E-state index contributed by atoms with van der Waals surface area (Å²) in [6.45, 7) is 1.83. The molecule has 1 amide bonds. The number of carbonyl (C=O) groups excluding carboxylic acids is 1. The van der Waals surface area contributed by atoms with Crippen molar-refractivity contribution >= 4 is 5.91 Å². The van der Waals surface area contributed by atoms with Crippen LogP contribution in [0.5, 0.6) is 5.75 Å². The van der Waals surface area contributed by atoms with Crippen molar-refractivity contribution in [1.82, 2.24) is 25.1 Å². The molecule has 0 atom stereocenters. The van der Waals surface area contributed by atoms with Gasteiger partial charge in [0.05, 0.1) is 13.2 Å². The van der Waals surface area contributed by atoms with Gasteiger partial charge in [-0.3, -0.25) is 4.79 Å². The van der Waals surface area contributed by atoms with E-state index >= 15 is 0 Å². The summed E-state index contributed by atoms with van der Waals surface area (Å²) in [6.07, 6.45) is 1.93. The average molecular weight is 379 g/mol. The lowest BCUT2D eigenvalue weighted by Crippen LogP contribution is -2.28. The average Bonchev–Trinajstić information content (AvgIpc) is 3.21. The molecular formula is C21H25N5O2. The molecule has 146 valence electrons. The molecule has 0 bridgehead atoms. The number of rotatable bonds is 10. The van der Waals surface area contributed by atoms with Crippen molar-refractivity contribution in [2.45, 2.75) is 25.8 Å². The standard InChI is InChI=1S/C21H25N5O2/c1-25(15-9-17-28-19-12-6-3-7-13-19)20(27)14-8-16-26-23-21(22-24-26)18-10-4-2-5-11-18/h2-7,10-13H,8-9,14-17H2,1H3. The van der Waals surface area contributed by atoms with Crippen LogP contribution in [-0.2, 0) is 11.3 Å². The van der Waals surface area contributed by atoms with Crippen LogP contribution >= 0.6 is 0 Å². The number of tetrazole rings is 1. The number of ether oxygens (including phenoxy) is 1. The molecule has 7 nitrogen and oxygen atoms in total. The monoisotopic (exact) mass is 379 g/mol. The van der Waals surface area contributed by atoms with Crippen LogP contribution in [0.1, 0.15) is 19.3 Å². The minimum absolute atomic E-state index is 0.114. The molecule has 1 aromatic heterocycles. The third kappa shape index (κ3) is 5.90. The zero-order chi connectivity index (χ0) is 19.6. The summed E-state index contributed by atoms with van der Waals surface area (Å²) in [5, 5.41) is 12.5. The van der Waals surface area contributed by atoms with E-state index in [9.17, 15) is 4.79 Å². The van der Waals surface area contributed by atoms with Gasteiger partial charge in [0.2, 0.25) is 11.7 Å². The number of amides is 1. The fourth-order valence-electron chi connectivity index (χ4n) is 2.74. The highest BCUT2D eigenvalue weighted by atomic mass is 16.5. The van der Waals surface area contributed by atoms with Crippen LogP contribution in [0.2, 0.25) is 0 Å². The third-order valence-electron chi connectivity index (χ3n) is 4.31. The Hall–Kier alpha value is -3.22. The predicted octanol–water partition coefficient (Wildman–Crippen LogP) is 3.05. The molecule has 2 aromatic carbocycles. The van der Waals surface area contributed by atoms with Crippen molar-refractivity contribution in [3.05, 3.63) is 60.7 Å². The highest BCUT2D eigenvalue weighted by Gasteiger charge is 2.10. The lowest BCUT2D eigenvalue weighted by molar-refractivity contribution is -0.130. The second-order valence-corrected chi connectivity index (χ2v) is 6.51. The molecule has 3 aromatic rings. The van der Waals surface area contributed by atoms with Gasteiger partial charge in [0.1, 0.15) is 5.75 Å². The first-order valence-corrected chi connectivity index (χ1v) is 9.47. The normalized spacial score (nSPS) is 10.6. The summed E-state index contributed by atoms with van der Waals surface area (Å²) in [4.78, 5) is 15.5. The second kappa shape index (κ2) is 10.2. The highest BCUT2D eigenvalue weighted by Crippen LogP contribution is 2.12. The Balaban J connectivity index is 1.33. The molecule has 0 radical (unpaired) electrons. The van der Waals surface area contributed by atoms with Gasteiger partial charge in [0.25, 0.3) is 0 Å². The van der Waals surface area contributed by atoms with Gasteiger partial charge in [-0.05, 0) is 30.2 Å². The van der Waals surface area contributed by atoms with Gasteiger partial charge in [-0.15, -0.1) is 10.2 Å². The van der Waals surface area contributed by atoms with Crippen molar-refractivity contribution in [3.63, 3.8) is 0 Å². The molecule has 0 fully saturated rings. The molecule has 0 unspecified atom stereocenters. The smallest absolute Gasteiger partial charge is 0.222 e. The number of hydrogen-bond acceptors (Lipinski definition) is 5. The largest absolute Gasteiger partial charge is 0.494 e. The van der Waals surface area contributed by atoms with Gasteiger partial charge in [0.15, 0.2) is 0 Å². The van der Waals surface area contributed by atoms with E-state index in [4.69, 9.17) is 4.74 Å². The lowest BCUT2D eigenvalue weighted by Gasteiger charge is -2.17. The zero-order valence-electron chi connectivity index (χ0n) is 16.1. The molecule has 0 aliphatic rings. The van der Waals surface area contributed by atoms with E-state index in [0.29, 0.717) is 38.4 Å². The molecule has 28 heavy (non-hydrogen) atoms. The number of hydrogen-bond donors (Lipinski definition) is 0. The molecular weight excluding hydrogens is 354 g/mol. The van der Waals surface area contributed by atoms with Crippen LogP contribution in [0.15, 0.2) is 60.7 Å². The molecule has 3 rings (SSSR count). The quantitative estimate of drug-likeness (QED) is 0.506. The van der Waals surface area contributed by atoms with E-state index in [-0.39, 0.29) is 5.91 Å². The summed E-state index contributed by atoms with van der Waals surface area (Å²) in [5.41, 5.74) is 0.933. The van der Waals surface area contributed by atoms with Gasteiger partial charge < -0.3 is 9.64 Å². The van der Waals surface area contributed by atoms with E-state index in [0.717, 1.165) is 17.7 Å². The molecule has 7 heteroatoms. The number of benzene rings is 2. The van der Waals surface area contributed by atoms with E-state index in [1.54, 1.807) is 9.70 Å². The van der Waals surface area contributed by atoms with E-state index in [1.807, 2.05) is 67.7 Å². The maximum absolute atomic E-state index is 12.2. The van der Waals surface area contributed by atoms with Gasteiger partial charge in [-0.1, -0.05) is 48.5 Å². The van der Waals surface area contributed by atoms with Crippen LogP contribution in [0.25, 0.3) is 11.4 Å². The van der Waals surface area contributed by atoms with Crippen molar-refractivity contribution in [1.29, 1.82) is 0 Å². The number of para-hydroxylation sites is 1. The van der Waals surface area contributed by atoms with Crippen LogP contribution in [0.3, 0.4) is 0 Å². The summed E-state index contributed by atoms with van der Waals surface area (Å²) in [5.74, 6) is 1.57. The van der Waals surface area contributed by atoms with Gasteiger partial charge in [-0.2, -0.15) is 4.80 Å². The number of carbonyl (C=O) groups is 1. The Kier molecular flexibility index (Phi) is 7.12. The van der Waals surface area contributed by atoms with Crippen molar-refractivity contribution in [2.24, 2.45) is 0 Å². The Labute approximate surface area is 164 Å². The minimum atomic E-state index is 0.114. The van der Waals surface area contributed by atoms with Crippen molar-refractivity contribution in [3.8, 4) is 17.1 Å². The maximum Gasteiger partial charge on any atom is 0.222 e. The van der Waals surface area contributed by atoms with Crippen molar-refractivity contribution in [2.75, 3.05) is 20.2 Å². The molecule has 0 aliphatic carbocycles. The number of aromatic nitrogens is 4. The summed E-state index contributed by atoms with van der Waals surface area (Å²) in [6, 6.07) is 19.4. The zero-order valence-corrected chi connectivity index (χ0v) is 16.1. The van der Waals surface area contributed by atoms with Gasteiger partial charge in [-0.25, -0.2) is 0 Å². The van der Waals surface area contributed by atoms with Crippen molar-refractivity contribution < 1.29 is 9.53 Å². The summed E-state index contributed by atoms with van der Waals surface area (Å²) in [7, 11) is 1.83. The topological polar surface area (TPSA) is 73.1 Å². The van der Waals surface area contributed by atoms with Gasteiger partial charge in [0, 0.05) is 25.6 Å². The Morgan fingerprint density at radius 3 is 2.50 bits per heavy atom. The molecule has 0 N–H and O–H groups in total. The van der Waals surface area contributed by atoms with Crippen LogP contribution in [0.4, 0.5) is 0 Å². The van der Waals surface area contributed by atoms with Crippen LogP contribution in [-0.4, -0.2) is 51.2 Å². The van der Waals surface area contributed by atoms with Crippen LogP contribution < -0.4 is 4.74 Å². The summed E-state index contributed by atoms with van der Waals surface area (Å²) >= 11 is 0. The fraction of sp³-hybridized carbons (Fsp3) is 0.333. The molecule has 0 aliphatic heterocycles. The number of aryl methyl sites for hydroxylation is 1. The molecule has 1 heterocycles. The fourth-order valence-corrected chi connectivity index (χ4v) is 2.74. The SMILES string of the molecule is CN(CCCOc1ccccc1)C(=O)CCCn1nnc(-c2ccccc2)n1. The predicted molar refractivity (Wildman–Crippen MR) is 107 cm³/mol. The molecule has 0 saturated carbocycles. The summed E-state index contributed by atoms with van der Waals surface area (Å²) < 4.78 is 5.65. The van der Waals surface area contributed by atoms with E-state index in [1.165, 1.54) is 0 Å². The Morgan fingerprint density at radius 1 is 1.04 bits per heavy atom. The third-order valence-corrected chi connectivity index (χ3v) is 4.31. The Bertz CT molecular complexity index is 852. The first-order valence-electron chi connectivity index (χ1n) is 9.47. The lowest BCUT2D eigenvalue weighted by atomic mass is 10.2. The maximum atomic E-state index is 12.2. The highest BCUT2D eigenvalue weighted by molar-refractivity contribution is 5.75. The molecule has 0 spiro atoms. The van der Waals surface area contributed by atoms with Gasteiger partial charge >= 0.3 is 0 Å². The van der Waals surface area contributed by atoms with E-state index < -0.39 is 0 Å². The molecule has 0 saturated heterocycles. The first kappa shape index (κ1) is 19.5. The number of nitrogens with zero attached hydrogens (tertiary/aromatic N) is 5. The second-order valence-electron chi connectivity index (χ2n) is 6.51.